The Labute approximate surface area is 121 Å². The Bertz CT molecular complexity index is 522. The van der Waals surface area contributed by atoms with Gasteiger partial charge in [-0.25, -0.2) is 0 Å². The molecule has 0 saturated carbocycles. The van der Waals surface area contributed by atoms with Crippen molar-refractivity contribution < 1.29 is 4.74 Å². The second kappa shape index (κ2) is 7.98. The highest BCUT2D eigenvalue weighted by Gasteiger charge is 2.13. The summed E-state index contributed by atoms with van der Waals surface area (Å²) in [7, 11) is 0. The Morgan fingerprint density at radius 1 is 1.15 bits per heavy atom. The van der Waals surface area contributed by atoms with Gasteiger partial charge in [0.2, 0.25) is 0 Å². The van der Waals surface area contributed by atoms with Crippen LogP contribution in [0.1, 0.15) is 38.3 Å². The van der Waals surface area contributed by atoms with Crippen LogP contribution in [-0.2, 0) is 4.74 Å². The van der Waals surface area contributed by atoms with E-state index in [0.29, 0.717) is 6.04 Å². The van der Waals surface area contributed by atoms with E-state index in [4.69, 9.17) is 4.74 Å². The molecule has 0 aliphatic carbocycles. The quantitative estimate of drug-likeness (QED) is 0.744. The lowest BCUT2D eigenvalue weighted by molar-refractivity contribution is 0.125. The molecule has 0 fully saturated rings. The van der Waals surface area contributed by atoms with E-state index >= 15 is 0 Å². The summed E-state index contributed by atoms with van der Waals surface area (Å²) in [4.78, 5) is 4.38. The first-order valence-electron chi connectivity index (χ1n) is 7.50. The Balaban J connectivity index is 2.18. The van der Waals surface area contributed by atoms with Crippen molar-refractivity contribution in [3.8, 4) is 0 Å². The summed E-state index contributed by atoms with van der Waals surface area (Å²) < 4.78 is 5.63. The zero-order valence-corrected chi connectivity index (χ0v) is 12.4. The molecular weight excluding hydrogens is 248 g/mol. The van der Waals surface area contributed by atoms with Crippen LogP contribution in [0.2, 0.25) is 0 Å². The maximum atomic E-state index is 5.63. The molecular formula is C17H24N2O. The van der Waals surface area contributed by atoms with Crippen LogP contribution >= 0.6 is 0 Å². The monoisotopic (exact) mass is 272 g/mol. The molecule has 0 aliphatic heterocycles. The van der Waals surface area contributed by atoms with Crippen molar-refractivity contribution in [3.05, 3.63) is 42.2 Å². The molecule has 108 valence electrons. The number of aromatic nitrogens is 1. The van der Waals surface area contributed by atoms with Gasteiger partial charge in [-0.2, -0.15) is 0 Å². The topological polar surface area (TPSA) is 34.1 Å². The molecule has 0 radical (unpaired) electrons. The minimum atomic E-state index is 0.301. The minimum Gasteiger partial charge on any atom is -0.381 e. The van der Waals surface area contributed by atoms with E-state index in [0.717, 1.165) is 32.6 Å². The molecule has 1 N–H and O–H groups in total. The summed E-state index contributed by atoms with van der Waals surface area (Å²) in [6.45, 7) is 6.85. The van der Waals surface area contributed by atoms with Crippen molar-refractivity contribution in [1.82, 2.24) is 10.3 Å². The molecule has 0 spiro atoms. The highest BCUT2D eigenvalue weighted by atomic mass is 16.5. The number of hydrogen-bond acceptors (Lipinski definition) is 3. The second-order valence-corrected chi connectivity index (χ2v) is 4.96. The van der Waals surface area contributed by atoms with E-state index in [9.17, 15) is 0 Å². The van der Waals surface area contributed by atoms with Crippen LogP contribution in [0.5, 0.6) is 0 Å². The average Bonchev–Trinajstić information content (AvgIpc) is 2.50. The summed E-state index contributed by atoms with van der Waals surface area (Å²) in [5, 5.41) is 6.03. The number of benzene rings is 1. The van der Waals surface area contributed by atoms with Crippen molar-refractivity contribution in [2.75, 3.05) is 19.8 Å². The van der Waals surface area contributed by atoms with E-state index in [1.54, 1.807) is 0 Å². The van der Waals surface area contributed by atoms with Crippen LogP contribution in [0.15, 0.2) is 36.7 Å². The second-order valence-electron chi connectivity index (χ2n) is 4.96. The fourth-order valence-corrected chi connectivity index (χ4v) is 2.48. The van der Waals surface area contributed by atoms with Gasteiger partial charge in [-0.05, 0) is 30.3 Å². The van der Waals surface area contributed by atoms with Crippen molar-refractivity contribution in [3.63, 3.8) is 0 Å². The van der Waals surface area contributed by atoms with E-state index < -0.39 is 0 Å². The van der Waals surface area contributed by atoms with Crippen molar-refractivity contribution in [2.45, 2.75) is 32.7 Å². The Hall–Kier alpha value is -1.45. The van der Waals surface area contributed by atoms with E-state index in [1.165, 1.54) is 16.3 Å². The van der Waals surface area contributed by atoms with Gasteiger partial charge >= 0.3 is 0 Å². The Kier molecular flexibility index (Phi) is 5.96. The van der Waals surface area contributed by atoms with Gasteiger partial charge < -0.3 is 10.1 Å². The fraction of sp³-hybridized carbons (Fsp3) is 0.471. The van der Waals surface area contributed by atoms with Gasteiger partial charge in [0.1, 0.15) is 0 Å². The number of nitrogens with zero attached hydrogens (tertiary/aromatic N) is 1. The first-order valence-corrected chi connectivity index (χ1v) is 7.50. The molecule has 1 aromatic carbocycles. The van der Waals surface area contributed by atoms with Gasteiger partial charge in [0, 0.05) is 37.0 Å². The predicted molar refractivity (Wildman–Crippen MR) is 83.9 cm³/mol. The number of fused-ring (bicyclic) bond motifs is 1. The molecule has 1 aromatic heterocycles. The summed E-state index contributed by atoms with van der Waals surface area (Å²) >= 11 is 0. The van der Waals surface area contributed by atoms with Crippen molar-refractivity contribution in [2.24, 2.45) is 0 Å². The molecule has 1 heterocycles. The fourth-order valence-electron chi connectivity index (χ4n) is 2.48. The zero-order chi connectivity index (χ0) is 14.2. The molecule has 3 heteroatoms. The third kappa shape index (κ3) is 3.78. The molecule has 0 bridgehead atoms. The molecule has 2 rings (SSSR count). The number of hydrogen-bond donors (Lipinski definition) is 1. The van der Waals surface area contributed by atoms with E-state index in [-0.39, 0.29) is 0 Å². The summed E-state index contributed by atoms with van der Waals surface area (Å²) in [6, 6.07) is 8.73. The SMILES string of the molecule is CCCOCCC(NCC)c1cncc2ccccc12. The zero-order valence-electron chi connectivity index (χ0n) is 12.4. The third-order valence-electron chi connectivity index (χ3n) is 3.42. The lowest BCUT2D eigenvalue weighted by Crippen LogP contribution is -2.23. The predicted octanol–water partition coefficient (Wildman–Crippen LogP) is 3.70. The highest BCUT2D eigenvalue weighted by Crippen LogP contribution is 2.25. The molecule has 20 heavy (non-hydrogen) atoms. The van der Waals surface area contributed by atoms with Gasteiger partial charge in [-0.3, -0.25) is 4.98 Å². The largest absolute Gasteiger partial charge is 0.381 e. The van der Waals surface area contributed by atoms with Crippen LogP contribution < -0.4 is 5.32 Å². The maximum Gasteiger partial charge on any atom is 0.0484 e. The van der Waals surface area contributed by atoms with Crippen molar-refractivity contribution in [1.29, 1.82) is 0 Å². The first kappa shape index (κ1) is 14.9. The summed E-state index contributed by atoms with van der Waals surface area (Å²) in [6.07, 6.45) is 5.95. The minimum absolute atomic E-state index is 0.301. The number of nitrogens with one attached hydrogen (secondary N) is 1. The van der Waals surface area contributed by atoms with Crippen LogP contribution in [0.4, 0.5) is 0 Å². The van der Waals surface area contributed by atoms with Gasteiger partial charge in [0.05, 0.1) is 0 Å². The van der Waals surface area contributed by atoms with Crippen LogP contribution in [-0.4, -0.2) is 24.7 Å². The molecule has 2 aromatic rings. The number of rotatable bonds is 8. The number of ether oxygens (including phenoxy) is 1. The van der Waals surface area contributed by atoms with Gasteiger partial charge in [-0.1, -0.05) is 38.1 Å². The third-order valence-corrected chi connectivity index (χ3v) is 3.42. The van der Waals surface area contributed by atoms with Crippen LogP contribution in [0, 0.1) is 0 Å². The van der Waals surface area contributed by atoms with Crippen LogP contribution in [0.25, 0.3) is 10.8 Å². The normalized spacial score (nSPS) is 12.7. The smallest absolute Gasteiger partial charge is 0.0484 e. The van der Waals surface area contributed by atoms with E-state index in [2.05, 4.69) is 48.4 Å². The standard InChI is InChI=1S/C17H24N2O/c1-3-10-20-11-9-17(19-4-2)16-13-18-12-14-7-5-6-8-15(14)16/h5-8,12-13,17,19H,3-4,9-11H2,1-2H3. The molecule has 1 atom stereocenters. The molecule has 0 saturated heterocycles. The Morgan fingerprint density at radius 2 is 2.00 bits per heavy atom. The summed E-state index contributed by atoms with van der Waals surface area (Å²) in [5.41, 5.74) is 1.27. The average molecular weight is 272 g/mol. The van der Waals surface area contributed by atoms with Gasteiger partial charge in [0.25, 0.3) is 0 Å². The molecule has 0 aliphatic rings. The van der Waals surface area contributed by atoms with Crippen LogP contribution in [0.3, 0.4) is 0 Å². The summed E-state index contributed by atoms with van der Waals surface area (Å²) in [5.74, 6) is 0. The maximum absolute atomic E-state index is 5.63. The first-order chi connectivity index (χ1) is 9.86. The van der Waals surface area contributed by atoms with E-state index in [1.807, 2.05) is 12.4 Å². The number of pyridine rings is 1. The van der Waals surface area contributed by atoms with Crippen molar-refractivity contribution >= 4 is 10.8 Å². The Morgan fingerprint density at radius 3 is 2.80 bits per heavy atom. The molecule has 3 nitrogen and oxygen atoms in total. The molecule has 0 amide bonds. The van der Waals surface area contributed by atoms with Gasteiger partial charge in [-0.15, -0.1) is 0 Å². The highest BCUT2D eigenvalue weighted by molar-refractivity contribution is 5.85. The van der Waals surface area contributed by atoms with Gasteiger partial charge in [0.15, 0.2) is 0 Å². The molecule has 1 unspecified atom stereocenters. The lowest BCUT2D eigenvalue weighted by atomic mass is 9.99. The lowest BCUT2D eigenvalue weighted by Gasteiger charge is -2.19.